The minimum Gasteiger partial charge on any atom is -0.336 e. The van der Waals surface area contributed by atoms with Crippen molar-refractivity contribution in [1.82, 2.24) is 19.6 Å². The number of rotatable bonds is 5. The van der Waals surface area contributed by atoms with Crippen LogP contribution in [0.3, 0.4) is 0 Å². The summed E-state index contributed by atoms with van der Waals surface area (Å²) in [6.07, 6.45) is 3.05. The number of fused-ring (bicyclic) bond motifs is 1. The van der Waals surface area contributed by atoms with Crippen LogP contribution < -0.4 is 0 Å². The van der Waals surface area contributed by atoms with E-state index in [9.17, 15) is 4.79 Å². The first-order valence-electron chi connectivity index (χ1n) is 9.31. The van der Waals surface area contributed by atoms with Crippen molar-refractivity contribution >= 4 is 17.7 Å². The number of hydrogen-bond acceptors (Lipinski definition) is 4. The summed E-state index contributed by atoms with van der Waals surface area (Å²) in [5, 5.41) is 4.63. The Labute approximate surface area is 155 Å². The van der Waals surface area contributed by atoms with Gasteiger partial charge in [0.05, 0.1) is 0 Å². The Hall–Kier alpha value is -1.27. The molecule has 0 N–H and O–H groups in total. The van der Waals surface area contributed by atoms with Gasteiger partial charge in [-0.05, 0) is 32.7 Å². The second-order valence-electron chi connectivity index (χ2n) is 7.22. The Balaban J connectivity index is 1.82. The summed E-state index contributed by atoms with van der Waals surface area (Å²) in [5.74, 6) is 2.19. The summed E-state index contributed by atoms with van der Waals surface area (Å²) in [4.78, 5) is 17.5. The van der Waals surface area contributed by atoms with Gasteiger partial charge in [0.15, 0.2) is 5.69 Å². The number of likely N-dealkylation sites (N-methyl/N-ethyl adjacent to an activating group) is 1. The van der Waals surface area contributed by atoms with Gasteiger partial charge in [-0.25, -0.2) is 0 Å². The molecule has 0 radical (unpaired) electrons. The van der Waals surface area contributed by atoms with Gasteiger partial charge in [0, 0.05) is 55.5 Å². The molecule has 0 spiro atoms. The smallest absolute Gasteiger partial charge is 0.274 e. The van der Waals surface area contributed by atoms with E-state index in [0.29, 0.717) is 11.7 Å². The average molecular weight is 363 g/mol. The standard InChI is InChI=1S/C19H30N4OS/c1-5-22(13-14(2)3)15-6-7-17-16(12-15)18(20-21(17)4)19(24)23-8-10-25-11-9-23/h15H,2,5-13H2,1,3-4H3/t15-/m1/s1. The number of carbonyl (C=O) groups is 1. The predicted octanol–water partition coefficient (Wildman–Crippen LogP) is 2.36. The van der Waals surface area contributed by atoms with Crippen molar-refractivity contribution in [2.24, 2.45) is 7.05 Å². The maximum Gasteiger partial charge on any atom is 0.274 e. The Kier molecular flexibility index (Phi) is 5.89. The molecule has 25 heavy (non-hydrogen) atoms. The van der Waals surface area contributed by atoms with Crippen LogP contribution in [0.15, 0.2) is 12.2 Å². The Morgan fingerprint density at radius 2 is 2.12 bits per heavy atom. The Bertz CT molecular complexity index is 648. The third-order valence-corrected chi connectivity index (χ3v) is 6.27. The number of amides is 1. The van der Waals surface area contributed by atoms with Crippen LogP contribution in [-0.4, -0.2) is 69.2 Å². The first kappa shape index (κ1) is 18.5. The lowest BCUT2D eigenvalue weighted by Crippen LogP contribution is -2.41. The molecule has 2 aliphatic rings. The van der Waals surface area contributed by atoms with Gasteiger partial charge >= 0.3 is 0 Å². The van der Waals surface area contributed by atoms with Crippen LogP contribution in [-0.2, 0) is 19.9 Å². The lowest BCUT2D eigenvalue weighted by Gasteiger charge is -2.34. The molecule has 1 aliphatic heterocycles. The largest absolute Gasteiger partial charge is 0.336 e. The van der Waals surface area contributed by atoms with Crippen molar-refractivity contribution in [3.8, 4) is 0 Å². The molecule has 6 heteroatoms. The van der Waals surface area contributed by atoms with E-state index >= 15 is 0 Å². The van der Waals surface area contributed by atoms with Gasteiger partial charge in [0.25, 0.3) is 5.91 Å². The second-order valence-corrected chi connectivity index (χ2v) is 8.44. The fourth-order valence-corrected chi connectivity index (χ4v) is 4.92. The molecule has 3 rings (SSSR count). The molecular weight excluding hydrogens is 332 g/mol. The predicted molar refractivity (Wildman–Crippen MR) is 104 cm³/mol. The SMILES string of the molecule is C=C(C)CN(CC)[C@@H]1CCc2c(c(C(=O)N3CCSCC3)nn2C)C1. The fourth-order valence-electron chi connectivity index (χ4n) is 4.02. The molecule has 1 saturated heterocycles. The fraction of sp³-hybridized carbons (Fsp3) is 0.684. The molecule has 1 atom stereocenters. The highest BCUT2D eigenvalue weighted by Gasteiger charge is 2.32. The van der Waals surface area contributed by atoms with E-state index in [4.69, 9.17) is 0 Å². The first-order chi connectivity index (χ1) is 12.0. The number of aromatic nitrogens is 2. The Morgan fingerprint density at radius 1 is 1.40 bits per heavy atom. The molecule has 1 aromatic heterocycles. The zero-order valence-corrected chi connectivity index (χ0v) is 16.6. The monoisotopic (exact) mass is 362 g/mol. The highest BCUT2D eigenvalue weighted by atomic mass is 32.2. The topological polar surface area (TPSA) is 41.4 Å². The van der Waals surface area contributed by atoms with Crippen molar-refractivity contribution < 1.29 is 4.79 Å². The molecule has 138 valence electrons. The first-order valence-corrected chi connectivity index (χ1v) is 10.5. The van der Waals surface area contributed by atoms with Crippen LogP contribution in [0.1, 0.15) is 42.0 Å². The van der Waals surface area contributed by atoms with Crippen LogP contribution in [0.25, 0.3) is 0 Å². The van der Waals surface area contributed by atoms with Crippen molar-refractivity contribution in [2.45, 2.75) is 39.2 Å². The molecule has 0 unspecified atom stereocenters. The number of nitrogens with zero attached hydrogens (tertiary/aromatic N) is 4. The molecule has 0 saturated carbocycles. The van der Waals surface area contributed by atoms with Crippen molar-refractivity contribution in [3.63, 3.8) is 0 Å². The van der Waals surface area contributed by atoms with Gasteiger partial charge in [-0.1, -0.05) is 19.1 Å². The lowest BCUT2D eigenvalue weighted by atomic mass is 9.89. The third-order valence-electron chi connectivity index (χ3n) is 5.33. The normalized spacial score (nSPS) is 20.6. The second kappa shape index (κ2) is 7.96. The van der Waals surface area contributed by atoms with Crippen LogP contribution in [0.2, 0.25) is 0 Å². The van der Waals surface area contributed by atoms with Crippen LogP contribution in [0.4, 0.5) is 0 Å². The number of hydrogen-bond donors (Lipinski definition) is 0. The zero-order chi connectivity index (χ0) is 18.0. The van der Waals surface area contributed by atoms with Gasteiger partial charge in [-0.3, -0.25) is 14.4 Å². The number of carbonyl (C=O) groups excluding carboxylic acids is 1. The molecule has 1 aromatic rings. The molecule has 1 aliphatic carbocycles. The minimum absolute atomic E-state index is 0.126. The van der Waals surface area contributed by atoms with Gasteiger partial charge in [0.2, 0.25) is 0 Å². The molecule has 1 fully saturated rings. The third kappa shape index (κ3) is 3.95. The molecule has 0 aromatic carbocycles. The Morgan fingerprint density at radius 3 is 2.76 bits per heavy atom. The van der Waals surface area contributed by atoms with Crippen LogP contribution >= 0.6 is 11.8 Å². The summed E-state index contributed by atoms with van der Waals surface area (Å²) in [5.41, 5.74) is 4.32. The van der Waals surface area contributed by atoms with E-state index in [0.717, 1.165) is 56.9 Å². The van der Waals surface area contributed by atoms with E-state index in [2.05, 4.69) is 30.4 Å². The lowest BCUT2D eigenvalue weighted by molar-refractivity contribution is 0.0763. The van der Waals surface area contributed by atoms with Crippen molar-refractivity contribution in [3.05, 3.63) is 29.1 Å². The van der Waals surface area contributed by atoms with Crippen LogP contribution in [0.5, 0.6) is 0 Å². The summed E-state index contributed by atoms with van der Waals surface area (Å²) < 4.78 is 1.94. The quantitative estimate of drug-likeness (QED) is 0.754. The highest BCUT2D eigenvalue weighted by molar-refractivity contribution is 7.99. The van der Waals surface area contributed by atoms with E-state index in [1.807, 2.05) is 28.4 Å². The molecule has 2 heterocycles. The van der Waals surface area contributed by atoms with Gasteiger partial charge in [-0.2, -0.15) is 16.9 Å². The van der Waals surface area contributed by atoms with E-state index in [1.165, 1.54) is 16.8 Å². The van der Waals surface area contributed by atoms with E-state index < -0.39 is 0 Å². The molecular formula is C19H30N4OS. The maximum absolute atomic E-state index is 13.0. The van der Waals surface area contributed by atoms with Crippen molar-refractivity contribution in [2.75, 3.05) is 37.7 Å². The average Bonchev–Trinajstić information content (AvgIpc) is 2.96. The van der Waals surface area contributed by atoms with Gasteiger partial charge < -0.3 is 4.90 Å². The summed E-state index contributed by atoms with van der Waals surface area (Å²) in [6, 6.07) is 0.474. The zero-order valence-electron chi connectivity index (χ0n) is 15.8. The van der Waals surface area contributed by atoms with Gasteiger partial charge in [0.1, 0.15) is 0 Å². The van der Waals surface area contributed by atoms with E-state index in [-0.39, 0.29) is 5.91 Å². The highest BCUT2D eigenvalue weighted by Crippen LogP contribution is 2.28. The molecule has 5 nitrogen and oxygen atoms in total. The molecule has 0 bridgehead atoms. The number of thioether (sulfide) groups is 1. The van der Waals surface area contributed by atoms with Crippen molar-refractivity contribution in [1.29, 1.82) is 0 Å². The summed E-state index contributed by atoms with van der Waals surface area (Å²) in [7, 11) is 1.98. The molecule has 1 amide bonds. The maximum atomic E-state index is 13.0. The number of aryl methyl sites for hydroxylation is 1. The summed E-state index contributed by atoms with van der Waals surface area (Å²) in [6.45, 7) is 12.0. The van der Waals surface area contributed by atoms with Gasteiger partial charge in [-0.15, -0.1) is 0 Å². The summed E-state index contributed by atoms with van der Waals surface area (Å²) >= 11 is 1.92. The van der Waals surface area contributed by atoms with E-state index in [1.54, 1.807) is 0 Å². The minimum atomic E-state index is 0.126. The van der Waals surface area contributed by atoms with Crippen LogP contribution in [0, 0.1) is 0 Å².